The molecule has 0 bridgehead atoms. The van der Waals surface area contributed by atoms with Gasteiger partial charge in [0.1, 0.15) is 5.52 Å². The van der Waals surface area contributed by atoms with E-state index in [0.717, 1.165) is 24.0 Å². The number of unbranched alkanes of at least 4 members (excludes halogenated alkanes) is 1. The Labute approximate surface area is 98.6 Å². The highest BCUT2D eigenvalue weighted by molar-refractivity contribution is 5.74. The highest BCUT2D eigenvalue weighted by Crippen LogP contribution is 2.15. The molecule has 0 saturated carbocycles. The first-order valence-electron chi connectivity index (χ1n) is 5.53. The molecule has 90 valence electrons. The van der Waals surface area contributed by atoms with Crippen molar-refractivity contribution in [1.82, 2.24) is 14.5 Å². The Morgan fingerprint density at radius 3 is 3.00 bits per heavy atom. The van der Waals surface area contributed by atoms with Gasteiger partial charge in [-0.3, -0.25) is 9.36 Å². The number of carbonyl (C=O) groups is 1. The molecule has 17 heavy (non-hydrogen) atoms. The number of pyridine rings is 1. The zero-order valence-corrected chi connectivity index (χ0v) is 9.47. The topological polar surface area (TPSA) is 99.8 Å². The zero-order valence-electron chi connectivity index (χ0n) is 9.47. The van der Waals surface area contributed by atoms with E-state index in [1.165, 1.54) is 0 Å². The fraction of sp³-hybridized carbons (Fsp3) is 0.364. The van der Waals surface area contributed by atoms with Crippen LogP contribution in [-0.4, -0.2) is 20.4 Å². The van der Waals surface area contributed by atoms with Gasteiger partial charge in [-0.1, -0.05) is 0 Å². The van der Waals surface area contributed by atoms with Crippen LogP contribution in [0.3, 0.4) is 0 Å². The number of nitrogen functional groups attached to an aromatic ring is 1. The third kappa shape index (κ3) is 2.52. The summed E-state index contributed by atoms with van der Waals surface area (Å²) in [6, 6.07) is 3.70. The smallest absolute Gasteiger partial charge is 0.217 e. The lowest BCUT2D eigenvalue weighted by molar-refractivity contribution is -0.118. The van der Waals surface area contributed by atoms with E-state index < -0.39 is 0 Å². The van der Waals surface area contributed by atoms with E-state index in [2.05, 4.69) is 9.97 Å². The number of hydrogen-bond acceptors (Lipinski definition) is 4. The SMILES string of the molecule is NC(=O)CCCCn1c(N)nc2cccnc21. The van der Waals surface area contributed by atoms with Gasteiger partial charge in [-0.2, -0.15) is 0 Å². The van der Waals surface area contributed by atoms with Gasteiger partial charge in [-0.25, -0.2) is 9.97 Å². The number of imidazole rings is 1. The Morgan fingerprint density at radius 1 is 1.41 bits per heavy atom. The number of nitrogens with zero attached hydrogens (tertiary/aromatic N) is 3. The van der Waals surface area contributed by atoms with Gasteiger partial charge in [0, 0.05) is 19.2 Å². The number of aromatic nitrogens is 3. The van der Waals surface area contributed by atoms with Crippen LogP contribution in [-0.2, 0) is 11.3 Å². The molecule has 0 aliphatic heterocycles. The van der Waals surface area contributed by atoms with Crippen LogP contribution in [0.1, 0.15) is 19.3 Å². The fourth-order valence-electron chi connectivity index (χ4n) is 1.77. The quantitative estimate of drug-likeness (QED) is 0.741. The van der Waals surface area contributed by atoms with Crippen molar-refractivity contribution in [2.24, 2.45) is 5.73 Å². The Morgan fingerprint density at radius 2 is 2.24 bits per heavy atom. The molecule has 1 amide bonds. The van der Waals surface area contributed by atoms with Gasteiger partial charge >= 0.3 is 0 Å². The van der Waals surface area contributed by atoms with Crippen molar-refractivity contribution in [2.45, 2.75) is 25.8 Å². The molecule has 2 heterocycles. The molecule has 0 spiro atoms. The van der Waals surface area contributed by atoms with E-state index in [-0.39, 0.29) is 5.91 Å². The number of fused-ring (bicyclic) bond motifs is 1. The Balaban J connectivity index is 2.07. The van der Waals surface area contributed by atoms with Crippen molar-refractivity contribution < 1.29 is 4.79 Å². The molecule has 0 radical (unpaired) electrons. The molecule has 0 atom stereocenters. The van der Waals surface area contributed by atoms with E-state index in [4.69, 9.17) is 11.5 Å². The lowest BCUT2D eigenvalue weighted by Gasteiger charge is -2.04. The normalized spacial score (nSPS) is 10.8. The van der Waals surface area contributed by atoms with E-state index in [9.17, 15) is 4.79 Å². The average molecular weight is 233 g/mol. The van der Waals surface area contributed by atoms with Crippen LogP contribution in [0.2, 0.25) is 0 Å². The van der Waals surface area contributed by atoms with Gasteiger partial charge in [0.15, 0.2) is 5.65 Å². The molecule has 0 fully saturated rings. The third-order valence-corrected chi connectivity index (χ3v) is 2.59. The van der Waals surface area contributed by atoms with Crippen LogP contribution in [0.25, 0.3) is 11.2 Å². The summed E-state index contributed by atoms with van der Waals surface area (Å²) in [5, 5.41) is 0. The van der Waals surface area contributed by atoms with Gasteiger partial charge < -0.3 is 11.5 Å². The number of anilines is 1. The van der Waals surface area contributed by atoms with Crippen LogP contribution in [0.4, 0.5) is 5.95 Å². The summed E-state index contributed by atoms with van der Waals surface area (Å²) < 4.78 is 1.86. The first-order chi connectivity index (χ1) is 8.18. The molecule has 0 aromatic carbocycles. The second-order valence-electron chi connectivity index (χ2n) is 3.89. The van der Waals surface area contributed by atoms with Crippen LogP contribution in [0.5, 0.6) is 0 Å². The molecular weight excluding hydrogens is 218 g/mol. The number of rotatable bonds is 5. The predicted octanol–water partition coefficient (Wildman–Crippen LogP) is 0.669. The van der Waals surface area contributed by atoms with Crippen LogP contribution >= 0.6 is 0 Å². The molecule has 0 aliphatic rings. The maximum Gasteiger partial charge on any atom is 0.217 e. The molecule has 0 unspecified atom stereocenters. The van der Waals surface area contributed by atoms with E-state index >= 15 is 0 Å². The molecule has 4 N–H and O–H groups in total. The summed E-state index contributed by atoms with van der Waals surface area (Å²) in [6.07, 6.45) is 3.69. The maximum absolute atomic E-state index is 10.6. The van der Waals surface area contributed by atoms with Gasteiger partial charge in [0.25, 0.3) is 0 Å². The summed E-state index contributed by atoms with van der Waals surface area (Å²) >= 11 is 0. The highest BCUT2D eigenvalue weighted by atomic mass is 16.1. The molecular formula is C11H15N5O. The maximum atomic E-state index is 10.6. The Kier molecular flexibility index (Phi) is 3.22. The third-order valence-electron chi connectivity index (χ3n) is 2.59. The van der Waals surface area contributed by atoms with Crippen molar-refractivity contribution in [2.75, 3.05) is 5.73 Å². The average Bonchev–Trinajstić information content (AvgIpc) is 2.60. The minimum Gasteiger partial charge on any atom is -0.370 e. The first-order valence-corrected chi connectivity index (χ1v) is 5.53. The monoisotopic (exact) mass is 233 g/mol. The lowest BCUT2D eigenvalue weighted by atomic mass is 10.2. The summed E-state index contributed by atoms with van der Waals surface area (Å²) in [4.78, 5) is 19.1. The molecule has 6 nitrogen and oxygen atoms in total. The highest BCUT2D eigenvalue weighted by Gasteiger charge is 2.08. The summed E-state index contributed by atoms with van der Waals surface area (Å²) in [5.74, 6) is 0.185. The molecule has 2 aromatic rings. The first kappa shape index (κ1) is 11.4. The lowest BCUT2D eigenvalue weighted by Crippen LogP contribution is -2.10. The van der Waals surface area contributed by atoms with Crippen LogP contribution in [0.15, 0.2) is 18.3 Å². The van der Waals surface area contributed by atoms with Gasteiger partial charge in [-0.15, -0.1) is 0 Å². The number of aryl methyl sites for hydroxylation is 1. The molecule has 6 heteroatoms. The minimum absolute atomic E-state index is 0.272. The standard InChI is InChI=1S/C11H15N5O/c12-9(17)5-1-2-7-16-10-8(15-11(16)13)4-3-6-14-10/h3-4,6H,1-2,5,7H2,(H2,12,17)(H2,13,15). The van der Waals surface area contributed by atoms with Crippen molar-refractivity contribution in [3.8, 4) is 0 Å². The largest absolute Gasteiger partial charge is 0.370 e. The van der Waals surface area contributed by atoms with E-state index in [1.54, 1.807) is 6.20 Å². The van der Waals surface area contributed by atoms with E-state index in [1.807, 2.05) is 16.7 Å². The molecule has 0 saturated heterocycles. The van der Waals surface area contributed by atoms with Crippen molar-refractivity contribution in [1.29, 1.82) is 0 Å². The predicted molar refractivity (Wildman–Crippen MR) is 65.0 cm³/mol. The Bertz CT molecular complexity index is 534. The van der Waals surface area contributed by atoms with Crippen molar-refractivity contribution in [3.63, 3.8) is 0 Å². The van der Waals surface area contributed by atoms with Crippen molar-refractivity contribution in [3.05, 3.63) is 18.3 Å². The van der Waals surface area contributed by atoms with Gasteiger partial charge in [0.2, 0.25) is 11.9 Å². The number of carbonyl (C=O) groups excluding carboxylic acids is 1. The Hall–Kier alpha value is -2.11. The summed E-state index contributed by atoms with van der Waals surface area (Å²) in [6.45, 7) is 0.701. The number of amides is 1. The van der Waals surface area contributed by atoms with Crippen LogP contribution < -0.4 is 11.5 Å². The fourth-order valence-corrected chi connectivity index (χ4v) is 1.77. The van der Waals surface area contributed by atoms with Crippen molar-refractivity contribution >= 4 is 23.0 Å². The van der Waals surface area contributed by atoms with E-state index in [0.29, 0.717) is 18.9 Å². The second-order valence-corrected chi connectivity index (χ2v) is 3.89. The molecule has 2 aromatic heterocycles. The second kappa shape index (κ2) is 4.82. The summed E-state index contributed by atoms with van der Waals surface area (Å²) in [7, 11) is 0. The number of hydrogen-bond donors (Lipinski definition) is 2. The molecule has 2 rings (SSSR count). The molecule has 0 aliphatic carbocycles. The van der Waals surface area contributed by atoms with Gasteiger partial charge in [-0.05, 0) is 25.0 Å². The zero-order chi connectivity index (χ0) is 12.3. The number of primary amides is 1. The summed E-state index contributed by atoms with van der Waals surface area (Å²) in [5.41, 5.74) is 12.5. The van der Waals surface area contributed by atoms with Crippen LogP contribution in [0, 0.1) is 0 Å². The number of nitrogens with two attached hydrogens (primary N) is 2. The van der Waals surface area contributed by atoms with Gasteiger partial charge in [0.05, 0.1) is 0 Å². The minimum atomic E-state index is -0.272.